The maximum Gasteiger partial charge on any atom is 0.416 e. The molecule has 5 nitrogen and oxygen atoms in total. The number of carbonyl (C=O) groups excluding carboxylic acids is 1. The number of fused-ring (bicyclic) bond motifs is 1. The highest BCUT2D eigenvalue weighted by Crippen LogP contribution is 2.37. The first kappa shape index (κ1) is 18.8. The van der Waals surface area contributed by atoms with Gasteiger partial charge in [-0.15, -0.1) is 0 Å². The van der Waals surface area contributed by atoms with Crippen molar-refractivity contribution < 1.29 is 18.0 Å². The number of aromatic nitrogens is 2. The van der Waals surface area contributed by atoms with E-state index >= 15 is 0 Å². The van der Waals surface area contributed by atoms with Crippen molar-refractivity contribution in [3.05, 3.63) is 71.7 Å². The Morgan fingerprint density at radius 3 is 2.52 bits per heavy atom. The zero-order valence-corrected chi connectivity index (χ0v) is 15.3. The van der Waals surface area contributed by atoms with Crippen LogP contribution in [0.1, 0.15) is 23.4 Å². The van der Waals surface area contributed by atoms with Crippen LogP contribution in [0.3, 0.4) is 0 Å². The van der Waals surface area contributed by atoms with Crippen LogP contribution in [0.15, 0.2) is 59.7 Å². The summed E-state index contributed by atoms with van der Waals surface area (Å²) in [6.45, 7) is 1.78. The fourth-order valence-corrected chi connectivity index (χ4v) is 3.16. The summed E-state index contributed by atoms with van der Waals surface area (Å²) in [6, 6.07) is 12.2. The fourth-order valence-electron chi connectivity index (χ4n) is 3.16. The van der Waals surface area contributed by atoms with Crippen molar-refractivity contribution in [2.45, 2.75) is 19.5 Å². The van der Waals surface area contributed by atoms with Gasteiger partial charge in [0.15, 0.2) is 0 Å². The Bertz CT molecular complexity index is 1140. The van der Waals surface area contributed by atoms with Crippen molar-refractivity contribution in [3.8, 4) is 11.3 Å². The summed E-state index contributed by atoms with van der Waals surface area (Å²) in [5, 5.41) is 2.52. The number of aryl methyl sites for hydroxylation is 1. The molecule has 29 heavy (non-hydrogen) atoms. The van der Waals surface area contributed by atoms with Gasteiger partial charge < -0.3 is 5.32 Å². The highest BCUT2D eigenvalue weighted by molar-refractivity contribution is 6.18. The number of hydrogen-bond donors (Lipinski definition) is 1. The lowest BCUT2D eigenvalue weighted by Crippen LogP contribution is -2.16. The summed E-state index contributed by atoms with van der Waals surface area (Å²) in [6.07, 6.45) is -2.93. The molecule has 0 saturated heterocycles. The van der Waals surface area contributed by atoms with Crippen molar-refractivity contribution in [3.63, 3.8) is 0 Å². The molecule has 0 bridgehead atoms. The fraction of sp³-hybridized carbons (Fsp3) is 0.143. The second kappa shape index (κ2) is 7.12. The van der Waals surface area contributed by atoms with Gasteiger partial charge in [-0.2, -0.15) is 13.2 Å². The molecular weight excluding hydrogens is 381 g/mol. The van der Waals surface area contributed by atoms with Crippen LogP contribution in [-0.2, 0) is 11.0 Å². The topological polar surface area (TPSA) is 67.2 Å². The molecule has 3 aromatic rings. The number of nitrogens with zero attached hydrogens (tertiary/aromatic N) is 3. The monoisotopic (exact) mass is 396 g/mol. The smallest absolute Gasteiger partial charge is 0.324 e. The molecule has 4 rings (SSSR count). The molecule has 0 aliphatic carbocycles. The maximum atomic E-state index is 13.0. The summed E-state index contributed by atoms with van der Waals surface area (Å²) < 4.78 is 39.0. The molecule has 0 atom stereocenters. The minimum atomic E-state index is -4.50. The first-order chi connectivity index (χ1) is 13.8. The number of alkyl halides is 3. The van der Waals surface area contributed by atoms with Gasteiger partial charge in [0.25, 0.3) is 0 Å². The Kier molecular flexibility index (Phi) is 4.62. The van der Waals surface area contributed by atoms with Gasteiger partial charge in [0.1, 0.15) is 5.82 Å². The lowest BCUT2D eigenvalue weighted by atomic mass is 9.98. The van der Waals surface area contributed by atoms with Crippen LogP contribution in [-0.4, -0.2) is 21.6 Å². The highest BCUT2D eigenvalue weighted by Gasteiger charge is 2.32. The number of amides is 1. The minimum absolute atomic E-state index is 0.0372. The summed E-state index contributed by atoms with van der Waals surface area (Å²) in [5.74, 6) is 0.165. The molecule has 2 heterocycles. The van der Waals surface area contributed by atoms with Crippen LogP contribution in [0.4, 0.5) is 24.5 Å². The molecule has 1 amide bonds. The Morgan fingerprint density at radius 1 is 1.03 bits per heavy atom. The van der Waals surface area contributed by atoms with E-state index in [2.05, 4.69) is 20.3 Å². The van der Waals surface area contributed by atoms with Gasteiger partial charge in [-0.1, -0.05) is 24.3 Å². The lowest BCUT2D eigenvalue weighted by molar-refractivity contribution is -0.137. The predicted molar refractivity (Wildman–Crippen MR) is 103 cm³/mol. The highest BCUT2D eigenvalue weighted by atomic mass is 19.4. The molecule has 8 heteroatoms. The average Bonchev–Trinajstić information content (AvgIpc) is 2.84. The Labute approximate surface area is 164 Å². The SMILES string of the molecule is Cc1nccc(-c2ccccc2C2=Nc3ccc(C(F)(F)F)cc3NC(=O)C2)n1. The van der Waals surface area contributed by atoms with E-state index in [0.717, 1.165) is 17.7 Å². The Balaban J connectivity index is 1.84. The van der Waals surface area contributed by atoms with Crippen LogP contribution >= 0.6 is 0 Å². The van der Waals surface area contributed by atoms with Gasteiger partial charge in [-0.05, 0) is 31.2 Å². The number of benzene rings is 2. The van der Waals surface area contributed by atoms with E-state index in [4.69, 9.17) is 0 Å². The van der Waals surface area contributed by atoms with Crippen molar-refractivity contribution >= 4 is 23.0 Å². The van der Waals surface area contributed by atoms with Crippen molar-refractivity contribution in [2.24, 2.45) is 4.99 Å². The van der Waals surface area contributed by atoms with Gasteiger partial charge >= 0.3 is 6.18 Å². The van der Waals surface area contributed by atoms with E-state index in [1.165, 1.54) is 6.07 Å². The average molecular weight is 396 g/mol. The van der Waals surface area contributed by atoms with Crippen molar-refractivity contribution in [2.75, 3.05) is 5.32 Å². The van der Waals surface area contributed by atoms with E-state index in [-0.39, 0.29) is 17.8 Å². The number of aliphatic imine (C=N–C) groups is 1. The van der Waals surface area contributed by atoms with Crippen molar-refractivity contribution in [1.82, 2.24) is 9.97 Å². The van der Waals surface area contributed by atoms with E-state index < -0.39 is 17.6 Å². The maximum absolute atomic E-state index is 13.0. The lowest BCUT2D eigenvalue weighted by Gasteiger charge is -2.11. The van der Waals surface area contributed by atoms with E-state index in [0.29, 0.717) is 22.8 Å². The second-order valence-corrected chi connectivity index (χ2v) is 6.55. The number of halogens is 3. The number of rotatable bonds is 2. The third-order valence-corrected chi connectivity index (χ3v) is 4.47. The summed E-state index contributed by atoms with van der Waals surface area (Å²) in [5.41, 5.74) is 2.05. The van der Waals surface area contributed by atoms with Crippen LogP contribution in [0, 0.1) is 6.92 Å². The first-order valence-electron chi connectivity index (χ1n) is 8.79. The largest absolute Gasteiger partial charge is 0.416 e. The molecule has 0 unspecified atom stereocenters. The molecule has 0 radical (unpaired) electrons. The van der Waals surface area contributed by atoms with Gasteiger partial charge in [0.05, 0.1) is 34.8 Å². The van der Waals surface area contributed by atoms with Gasteiger partial charge in [0.2, 0.25) is 5.91 Å². The zero-order chi connectivity index (χ0) is 20.6. The predicted octanol–water partition coefficient (Wildman–Crippen LogP) is 4.93. The quantitative estimate of drug-likeness (QED) is 0.668. The van der Waals surface area contributed by atoms with Gasteiger partial charge in [-0.25, -0.2) is 9.97 Å². The summed E-state index contributed by atoms with van der Waals surface area (Å²) >= 11 is 0. The number of nitrogens with one attached hydrogen (secondary N) is 1. The third-order valence-electron chi connectivity index (χ3n) is 4.47. The minimum Gasteiger partial charge on any atom is -0.324 e. The van der Waals surface area contributed by atoms with Crippen LogP contribution in [0.2, 0.25) is 0 Å². The Morgan fingerprint density at radius 2 is 1.79 bits per heavy atom. The molecule has 1 aromatic heterocycles. The van der Waals surface area contributed by atoms with Gasteiger partial charge in [-0.3, -0.25) is 9.79 Å². The number of anilines is 1. The summed E-state index contributed by atoms with van der Waals surface area (Å²) in [4.78, 5) is 25.4. The molecular formula is C21H15F3N4O. The number of hydrogen-bond acceptors (Lipinski definition) is 4. The van der Waals surface area contributed by atoms with Crippen molar-refractivity contribution in [1.29, 1.82) is 0 Å². The Hall–Kier alpha value is -3.55. The molecule has 1 aliphatic heterocycles. The zero-order valence-electron chi connectivity index (χ0n) is 15.3. The molecule has 0 spiro atoms. The van der Waals surface area contributed by atoms with E-state index in [9.17, 15) is 18.0 Å². The second-order valence-electron chi connectivity index (χ2n) is 6.55. The molecule has 0 fully saturated rings. The van der Waals surface area contributed by atoms with Crippen LogP contribution in [0.5, 0.6) is 0 Å². The van der Waals surface area contributed by atoms with Crippen LogP contribution in [0.25, 0.3) is 11.3 Å². The summed E-state index contributed by atoms with van der Waals surface area (Å²) in [7, 11) is 0. The number of carbonyl (C=O) groups is 1. The molecule has 0 saturated carbocycles. The van der Waals surface area contributed by atoms with E-state index in [1.54, 1.807) is 19.2 Å². The molecule has 2 aromatic carbocycles. The van der Waals surface area contributed by atoms with Gasteiger partial charge in [0, 0.05) is 17.3 Å². The molecule has 1 N–H and O–H groups in total. The van der Waals surface area contributed by atoms with Crippen LogP contribution < -0.4 is 5.32 Å². The third kappa shape index (κ3) is 3.87. The standard InChI is InChI=1S/C21H15F3N4O/c1-12-25-9-8-16(26-12)14-4-2-3-5-15(14)18-11-20(29)28-19-10-13(21(22,23)24)6-7-17(19)27-18/h2-10H,11H2,1H3,(H,28,29). The first-order valence-corrected chi connectivity index (χ1v) is 8.79. The van der Waals surface area contributed by atoms with E-state index in [1.807, 2.05) is 24.3 Å². The molecule has 1 aliphatic rings. The molecule has 146 valence electrons. The normalized spacial score (nSPS) is 13.9.